The predicted octanol–water partition coefficient (Wildman–Crippen LogP) is 3.45. The minimum Gasteiger partial charge on any atom is -0.496 e. The lowest BCUT2D eigenvalue weighted by Crippen LogP contribution is -2.19. The van der Waals surface area contributed by atoms with Gasteiger partial charge >= 0.3 is 0 Å². The van der Waals surface area contributed by atoms with E-state index in [9.17, 15) is 0 Å². The Morgan fingerprint density at radius 1 is 1.24 bits per heavy atom. The van der Waals surface area contributed by atoms with E-state index in [0.717, 1.165) is 24.2 Å². The van der Waals surface area contributed by atoms with Crippen molar-refractivity contribution < 1.29 is 4.74 Å². The molecule has 0 aliphatic carbocycles. The van der Waals surface area contributed by atoms with Gasteiger partial charge in [0.2, 0.25) is 0 Å². The number of nitrogens with zero attached hydrogens (tertiary/aromatic N) is 1. The second-order valence-corrected chi connectivity index (χ2v) is 5.08. The number of halogens is 1. The van der Waals surface area contributed by atoms with Gasteiger partial charge in [-0.25, -0.2) is 0 Å². The lowest BCUT2D eigenvalue weighted by molar-refractivity contribution is 0.399. The number of aryl methyl sites for hydroxylation is 1. The minimum atomic E-state index is 0.917. The van der Waals surface area contributed by atoms with Crippen LogP contribution in [0.25, 0.3) is 0 Å². The summed E-state index contributed by atoms with van der Waals surface area (Å²) in [7, 11) is 3.86. The third-order valence-corrected chi connectivity index (χ3v) is 4.23. The van der Waals surface area contributed by atoms with E-state index in [0.29, 0.717) is 0 Å². The van der Waals surface area contributed by atoms with Gasteiger partial charge in [0, 0.05) is 6.54 Å². The topological polar surface area (TPSA) is 12.5 Å². The first-order valence-electron chi connectivity index (χ1n) is 5.89. The summed E-state index contributed by atoms with van der Waals surface area (Å²) in [6, 6.07) is 2.14. The number of rotatable bonds is 5. The molecule has 1 aromatic carbocycles. The molecule has 0 aliphatic rings. The Morgan fingerprint density at radius 3 is 2.41 bits per heavy atom. The number of likely N-dealkylation sites (N-methyl/N-ethyl adjacent to an activating group) is 1. The number of hydrogen-bond acceptors (Lipinski definition) is 2. The van der Waals surface area contributed by atoms with Crippen LogP contribution < -0.4 is 4.74 Å². The molecule has 1 aromatic rings. The van der Waals surface area contributed by atoms with Crippen molar-refractivity contribution in [1.82, 2.24) is 4.90 Å². The molecule has 0 radical (unpaired) electrons. The van der Waals surface area contributed by atoms with Gasteiger partial charge in [0.05, 0.1) is 12.6 Å². The van der Waals surface area contributed by atoms with Crippen molar-refractivity contribution in [1.29, 1.82) is 0 Å². The highest BCUT2D eigenvalue weighted by molar-refractivity contribution is 9.09. The first kappa shape index (κ1) is 14.5. The van der Waals surface area contributed by atoms with Crippen LogP contribution in [-0.2, 0) is 6.42 Å². The summed E-state index contributed by atoms with van der Waals surface area (Å²) in [5.41, 5.74) is 6.32. The van der Waals surface area contributed by atoms with E-state index < -0.39 is 0 Å². The Labute approximate surface area is 113 Å². The zero-order chi connectivity index (χ0) is 13.0. The highest BCUT2D eigenvalue weighted by atomic mass is 79.9. The smallest absolute Gasteiger partial charge is 0.122 e. The molecule has 0 heterocycles. The van der Waals surface area contributed by atoms with Crippen LogP contribution in [0.15, 0.2) is 6.07 Å². The van der Waals surface area contributed by atoms with Crippen LogP contribution in [0.4, 0.5) is 0 Å². The number of ether oxygens (including phenoxy) is 1. The predicted molar refractivity (Wildman–Crippen MR) is 77.3 cm³/mol. The lowest BCUT2D eigenvalue weighted by Gasteiger charge is -2.18. The van der Waals surface area contributed by atoms with Gasteiger partial charge in [-0.3, -0.25) is 4.90 Å². The second kappa shape index (κ2) is 6.41. The van der Waals surface area contributed by atoms with Crippen LogP contribution >= 0.6 is 15.9 Å². The Morgan fingerprint density at radius 2 is 1.88 bits per heavy atom. The molecule has 1 rings (SSSR count). The third-order valence-electron chi connectivity index (χ3n) is 3.38. The van der Waals surface area contributed by atoms with Gasteiger partial charge in [0.25, 0.3) is 0 Å². The van der Waals surface area contributed by atoms with Crippen molar-refractivity contribution in [3.05, 3.63) is 28.3 Å². The van der Waals surface area contributed by atoms with Crippen molar-refractivity contribution >= 4 is 15.9 Å². The highest BCUT2D eigenvalue weighted by Crippen LogP contribution is 2.27. The fourth-order valence-electron chi connectivity index (χ4n) is 2.06. The van der Waals surface area contributed by atoms with Gasteiger partial charge in [-0.05, 0) is 62.6 Å². The second-order valence-electron chi connectivity index (χ2n) is 4.57. The number of methoxy groups -OCH3 is 1. The molecule has 0 aliphatic heterocycles. The maximum atomic E-state index is 5.39. The van der Waals surface area contributed by atoms with E-state index >= 15 is 0 Å². The van der Waals surface area contributed by atoms with Gasteiger partial charge in [0.1, 0.15) is 5.75 Å². The summed E-state index contributed by atoms with van der Waals surface area (Å²) >= 11 is 3.47. The molecule has 3 heteroatoms. The molecular formula is C14H22BrNO. The SMILES string of the molecule is COc1cc(C)c(CCN(C)CBr)c(C)c1C. The van der Waals surface area contributed by atoms with Gasteiger partial charge in [-0.1, -0.05) is 15.9 Å². The summed E-state index contributed by atoms with van der Waals surface area (Å²) in [5, 5.41) is 0. The average molecular weight is 300 g/mol. The molecule has 0 saturated carbocycles. The molecule has 0 unspecified atom stereocenters. The monoisotopic (exact) mass is 299 g/mol. The first-order valence-corrected chi connectivity index (χ1v) is 7.01. The van der Waals surface area contributed by atoms with Crippen LogP contribution in [-0.4, -0.2) is 31.1 Å². The fraction of sp³-hybridized carbons (Fsp3) is 0.571. The molecule has 96 valence electrons. The molecule has 0 atom stereocenters. The van der Waals surface area contributed by atoms with Crippen LogP contribution in [0.3, 0.4) is 0 Å². The molecule has 0 spiro atoms. The van der Waals surface area contributed by atoms with Crippen LogP contribution in [0.5, 0.6) is 5.75 Å². The molecule has 0 amide bonds. The molecule has 0 saturated heterocycles. The van der Waals surface area contributed by atoms with Crippen molar-refractivity contribution in [3.8, 4) is 5.75 Å². The quantitative estimate of drug-likeness (QED) is 0.610. The largest absolute Gasteiger partial charge is 0.496 e. The van der Waals surface area contributed by atoms with Crippen molar-refractivity contribution in [2.24, 2.45) is 0 Å². The molecule has 2 nitrogen and oxygen atoms in total. The van der Waals surface area contributed by atoms with Gasteiger partial charge in [0.15, 0.2) is 0 Å². The fourth-order valence-corrected chi connectivity index (χ4v) is 2.31. The average Bonchev–Trinajstić information content (AvgIpc) is 2.33. The molecule has 17 heavy (non-hydrogen) atoms. The molecule has 0 fully saturated rings. The van der Waals surface area contributed by atoms with Crippen molar-refractivity contribution in [2.75, 3.05) is 26.2 Å². The van der Waals surface area contributed by atoms with Gasteiger partial charge in [-0.15, -0.1) is 0 Å². The van der Waals surface area contributed by atoms with Crippen molar-refractivity contribution in [3.63, 3.8) is 0 Å². The van der Waals surface area contributed by atoms with Crippen LogP contribution in [0.2, 0.25) is 0 Å². The molecule has 0 aromatic heterocycles. The summed E-state index contributed by atoms with van der Waals surface area (Å²) in [6.45, 7) is 7.55. The van der Waals surface area contributed by atoms with Crippen LogP contribution in [0, 0.1) is 20.8 Å². The van der Waals surface area contributed by atoms with E-state index in [1.807, 2.05) is 0 Å². The van der Waals surface area contributed by atoms with Gasteiger partial charge in [-0.2, -0.15) is 0 Å². The van der Waals surface area contributed by atoms with E-state index in [1.54, 1.807) is 7.11 Å². The Balaban J connectivity index is 2.96. The summed E-state index contributed by atoms with van der Waals surface area (Å²) in [6.07, 6.45) is 1.09. The van der Waals surface area contributed by atoms with E-state index in [1.165, 1.54) is 22.3 Å². The standard InChI is InChI=1S/C14H22BrNO/c1-10-8-14(17-5)12(3)11(2)13(10)6-7-16(4)9-15/h8H,6-7,9H2,1-5H3. The van der Waals surface area contributed by atoms with Gasteiger partial charge < -0.3 is 4.74 Å². The normalized spacial score (nSPS) is 11.0. The molecule has 0 N–H and O–H groups in total. The Kier molecular flexibility index (Phi) is 5.47. The molecular weight excluding hydrogens is 278 g/mol. The highest BCUT2D eigenvalue weighted by Gasteiger charge is 2.10. The summed E-state index contributed by atoms with van der Waals surface area (Å²) in [5.74, 6) is 0.998. The lowest BCUT2D eigenvalue weighted by atomic mass is 9.95. The van der Waals surface area contributed by atoms with Crippen molar-refractivity contribution in [2.45, 2.75) is 27.2 Å². The summed E-state index contributed by atoms with van der Waals surface area (Å²) < 4.78 is 5.39. The Bertz CT molecular complexity index is 390. The zero-order valence-corrected chi connectivity index (χ0v) is 13.0. The Hall–Kier alpha value is -0.540. The van der Waals surface area contributed by atoms with E-state index in [4.69, 9.17) is 4.74 Å². The maximum Gasteiger partial charge on any atom is 0.122 e. The number of hydrogen-bond donors (Lipinski definition) is 0. The third kappa shape index (κ3) is 3.46. The number of benzene rings is 1. The van der Waals surface area contributed by atoms with E-state index in [-0.39, 0.29) is 0 Å². The van der Waals surface area contributed by atoms with E-state index in [2.05, 4.69) is 54.7 Å². The van der Waals surface area contributed by atoms with Crippen LogP contribution in [0.1, 0.15) is 22.3 Å². The first-order chi connectivity index (χ1) is 8.01. The zero-order valence-electron chi connectivity index (χ0n) is 11.4. The number of alkyl halides is 1. The molecule has 0 bridgehead atoms. The summed E-state index contributed by atoms with van der Waals surface area (Å²) in [4.78, 5) is 2.26. The minimum absolute atomic E-state index is 0.917. The maximum absolute atomic E-state index is 5.39.